The number of nitrogens with one attached hydrogen (secondary N) is 1. The molecule has 0 heterocycles. The molecule has 2 aromatic rings. The van der Waals surface area contributed by atoms with Crippen molar-refractivity contribution in [1.29, 1.82) is 0 Å². The molecule has 28 heavy (non-hydrogen) atoms. The Morgan fingerprint density at radius 2 is 1.68 bits per heavy atom. The monoisotopic (exact) mass is 381 g/mol. The standard InChI is InChI=1S/C23H27NO4/c1-6-27-20-10-7-19(8-11-20)9-12-21(25)28-18(5)23(26)24-22-16(3)13-15(2)14-17(22)4/h7-14,18H,6H2,1-5H3,(H,24,26)/b12-9+/t18-/m1/s1. The molecule has 1 atom stereocenters. The van der Waals surface area contributed by atoms with Crippen molar-refractivity contribution in [3.05, 3.63) is 64.7 Å². The minimum Gasteiger partial charge on any atom is -0.494 e. The molecule has 1 N–H and O–H groups in total. The summed E-state index contributed by atoms with van der Waals surface area (Å²) in [4.78, 5) is 24.4. The van der Waals surface area contributed by atoms with Crippen molar-refractivity contribution in [1.82, 2.24) is 0 Å². The average Bonchev–Trinajstić information content (AvgIpc) is 2.64. The summed E-state index contributed by atoms with van der Waals surface area (Å²) in [7, 11) is 0. The van der Waals surface area contributed by atoms with E-state index in [-0.39, 0.29) is 5.91 Å². The van der Waals surface area contributed by atoms with Gasteiger partial charge in [-0.25, -0.2) is 4.79 Å². The first-order chi connectivity index (χ1) is 13.3. The molecule has 0 aliphatic rings. The first kappa shape index (κ1) is 21.2. The summed E-state index contributed by atoms with van der Waals surface area (Å²) in [5.41, 5.74) is 4.67. The number of anilines is 1. The van der Waals surface area contributed by atoms with Crippen molar-refractivity contribution in [2.24, 2.45) is 0 Å². The lowest BCUT2D eigenvalue weighted by atomic mass is 10.0. The number of carbonyl (C=O) groups excluding carboxylic acids is 2. The smallest absolute Gasteiger partial charge is 0.331 e. The van der Waals surface area contributed by atoms with Crippen LogP contribution >= 0.6 is 0 Å². The fourth-order valence-electron chi connectivity index (χ4n) is 2.88. The highest BCUT2D eigenvalue weighted by Gasteiger charge is 2.18. The molecule has 2 aromatic carbocycles. The molecule has 5 heteroatoms. The Morgan fingerprint density at radius 1 is 1.07 bits per heavy atom. The molecular formula is C23H27NO4. The molecule has 0 spiro atoms. The third kappa shape index (κ3) is 5.98. The molecule has 0 saturated carbocycles. The quantitative estimate of drug-likeness (QED) is 0.563. The third-order valence-corrected chi connectivity index (χ3v) is 4.19. The zero-order chi connectivity index (χ0) is 20.7. The van der Waals surface area contributed by atoms with Crippen LogP contribution in [0.3, 0.4) is 0 Å². The summed E-state index contributed by atoms with van der Waals surface area (Å²) in [6, 6.07) is 11.3. The highest BCUT2D eigenvalue weighted by atomic mass is 16.5. The summed E-state index contributed by atoms with van der Waals surface area (Å²) in [5.74, 6) is -0.166. The van der Waals surface area contributed by atoms with Gasteiger partial charge in [-0.15, -0.1) is 0 Å². The van der Waals surface area contributed by atoms with Crippen LogP contribution in [0, 0.1) is 20.8 Å². The van der Waals surface area contributed by atoms with Crippen LogP contribution in [0.2, 0.25) is 0 Å². The van der Waals surface area contributed by atoms with Gasteiger partial charge in [-0.05, 0) is 69.5 Å². The summed E-state index contributed by atoms with van der Waals surface area (Å²) in [5, 5.41) is 2.85. The van der Waals surface area contributed by atoms with Crippen molar-refractivity contribution in [3.8, 4) is 5.75 Å². The Morgan fingerprint density at radius 3 is 2.25 bits per heavy atom. The second-order valence-corrected chi connectivity index (χ2v) is 6.68. The molecule has 0 radical (unpaired) electrons. The lowest BCUT2D eigenvalue weighted by Crippen LogP contribution is -2.30. The van der Waals surface area contributed by atoms with Crippen LogP contribution in [0.1, 0.15) is 36.1 Å². The van der Waals surface area contributed by atoms with E-state index < -0.39 is 12.1 Å². The Kier molecular flexibility index (Phi) is 7.38. The van der Waals surface area contributed by atoms with E-state index in [0.29, 0.717) is 6.61 Å². The Hall–Kier alpha value is -3.08. The molecule has 2 rings (SSSR count). The maximum Gasteiger partial charge on any atom is 0.331 e. The SMILES string of the molecule is CCOc1ccc(/C=C/C(=O)O[C@H](C)C(=O)Nc2c(C)cc(C)cc2C)cc1. The van der Waals surface area contributed by atoms with Gasteiger partial charge in [0.1, 0.15) is 5.75 Å². The summed E-state index contributed by atoms with van der Waals surface area (Å²) >= 11 is 0. The maximum atomic E-state index is 12.4. The molecule has 0 bridgehead atoms. The van der Waals surface area contributed by atoms with E-state index in [1.807, 2.05) is 64.1 Å². The van der Waals surface area contributed by atoms with Gasteiger partial charge in [0, 0.05) is 11.8 Å². The second kappa shape index (κ2) is 9.74. The van der Waals surface area contributed by atoms with E-state index in [2.05, 4.69) is 5.32 Å². The van der Waals surface area contributed by atoms with E-state index in [0.717, 1.165) is 33.7 Å². The number of aryl methyl sites for hydroxylation is 3. The number of rotatable bonds is 7. The number of benzene rings is 2. The van der Waals surface area contributed by atoms with Crippen LogP contribution in [0.25, 0.3) is 6.08 Å². The first-order valence-corrected chi connectivity index (χ1v) is 9.30. The zero-order valence-corrected chi connectivity index (χ0v) is 17.0. The van der Waals surface area contributed by atoms with Gasteiger partial charge in [-0.3, -0.25) is 4.79 Å². The molecular weight excluding hydrogens is 354 g/mol. The summed E-state index contributed by atoms with van der Waals surface area (Å²) < 4.78 is 10.6. The fraction of sp³-hybridized carbons (Fsp3) is 0.304. The van der Waals surface area contributed by atoms with Crippen LogP contribution < -0.4 is 10.1 Å². The van der Waals surface area contributed by atoms with Crippen molar-refractivity contribution in [3.63, 3.8) is 0 Å². The number of hydrogen-bond donors (Lipinski definition) is 1. The first-order valence-electron chi connectivity index (χ1n) is 9.30. The topological polar surface area (TPSA) is 64.6 Å². The minimum absolute atomic E-state index is 0.363. The molecule has 0 saturated heterocycles. The van der Waals surface area contributed by atoms with Gasteiger partial charge in [0.2, 0.25) is 0 Å². The number of carbonyl (C=O) groups is 2. The lowest BCUT2D eigenvalue weighted by Gasteiger charge is -2.16. The van der Waals surface area contributed by atoms with Crippen LogP contribution in [-0.4, -0.2) is 24.6 Å². The highest BCUT2D eigenvalue weighted by Crippen LogP contribution is 2.22. The number of ether oxygens (including phenoxy) is 2. The molecule has 1 amide bonds. The van der Waals surface area contributed by atoms with E-state index in [4.69, 9.17) is 9.47 Å². The molecule has 0 aliphatic heterocycles. The molecule has 0 unspecified atom stereocenters. The van der Waals surface area contributed by atoms with Crippen molar-refractivity contribution >= 4 is 23.6 Å². The normalized spacial score (nSPS) is 11.9. The Bertz CT molecular complexity index is 846. The van der Waals surface area contributed by atoms with Gasteiger partial charge >= 0.3 is 5.97 Å². The number of amides is 1. The summed E-state index contributed by atoms with van der Waals surface area (Å²) in [6.07, 6.45) is 2.04. The number of hydrogen-bond acceptors (Lipinski definition) is 4. The van der Waals surface area contributed by atoms with Crippen molar-refractivity contribution in [2.75, 3.05) is 11.9 Å². The second-order valence-electron chi connectivity index (χ2n) is 6.68. The molecule has 148 valence electrons. The van der Waals surface area contributed by atoms with Gasteiger partial charge in [0.25, 0.3) is 5.91 Å². The molecule has 5 nitrogen and oxygen atoms in total. The highest BCUT2D eigenvalue weighted by molar-refractivity contribution is 5.97. The van der Waals surface area contributed by atoms with E-state index in [9.17, 15) is 9.59 Å². The Balaban J connectivity index is 1.93. The third-order valence-electron chi connectivity index (χ3n) is 4.19. The van der Waals surface area contributed by atoms with Crippen LogP contribution in [-0.2, 0) is 14.3 Å². The Labute approximate surface area is 166 Å². The van der Waals surface area contributed by atoms with Gasteiger partial charge in [-0.2, -0.15) is 0 Å². The van der Waals surface area contributed by atoms with Gasteiger partial charge < -0.3 is 14.8 Å². The minimum atomic E-state index is -0.905. The van der Waals surface area contributed by atoms with Crippen molar-refractivity contribution < 1.29 is 19.1 Å². The zero-order valence-electron chi connectivity index (χ0n) is 17.0. The van der Waals surface area contributed by atoms with Gasteiger partial charge in [-0.1, -0.05) is 29.8 Å². The lowest BCUT2D eigenvalue weighted by molar-refractivity contribution is -0.148. The summed E-state index contributed by atoms with van der Waals surface area (Å²) in [6.45, 7) is 9.95. The largest absolute Gasteiger partial charge is 0.494 e. The van der Waals surface area contributed by atoms with Crippen LogP contribution in [0.15, 0.2) is 42.5 Å². The van der Waals surface area contributed by atoms with Crippen LogP contribution in [0.4, 0.5) is 5.69 Å². The van der Waals surface area contributed by atoms with E-state index >= 15 is 0 Å². The van der Waals surface area contributed by atoms with Crippen LogP contribution in [0.5, 0.6) is 5.75 Å². The van der Waals surface area contributed by atoms with Gasteiger partial charge in [0.15, 0.2) is 6.10 Å². The molecule has 0 aliphatic carbocycles. The van der Waals surface area contributed by atoms with Crippen molar-refractivity contribution in [2.45, 2.75) is 40.7 Å². The average molecular weight is 381 g/mol. The van der Waals surface area contributed by atoms with E-state index in [1.54, 1.807) is 13.0 Å². The fourth-order valence-corrected chi connectivity index (χ4v) is 2.88. The molecule has 0 fully saturated rings. The predicted octanol–water partition coefficient (Wildman–Crippen LogP) is 4.59. The molecule has 0 aromatic heterocycles. The maximum absolute atomic E-state index is 12.4. The number of esters is 1. The van der Waals surface area contributed by atoms with E-state index in [1.165, 1.54) is 6.08 Å². The van der Waals surface area contributed by atoms with Gasteiger partial charge in [0.05, 0.1) is 6.61 Å². The predicted molar refractivity (Wildman–Crippen MR) is 111 cm³/mol.